The van der Waals surface area contributed by atoms with Gasteiger partial charge < -0.3 is 4.90 Å². The molecule has 0 N–H and O–H groups in total. The molecule has 0 aliphatic carbocycles. The molecule has 2 heterocycles. The molecule has 3 nitrogen and oxygen atoms in total. The van der Waals surface area contributed by atoms with Crippen LogP contribution in [-0.2, 0) is 6.42 Å². The number of hydrogen-bond acceptors (Lipinski definition) is 3. The number of rotatable bonds is 2. The molecule has 14 heavy (non-hydrogen) atoms. The van der Waals surface area contributed by atoms with E-state index in [0.717, 1.165) is 31.0 Å². The van der Waals surface area contributed by atoms with Gasteiger partial charge in [-0.15, -0.1) is 0 Å². The highest BCUT2D eigenvalue weighted by atomic mass is 15.2. The van der Waals surface area contributed by atoms with E-state index < -0.39 is 0 Å². The maximum Gasteiger partial charge on any atom is 0.147 e. The van der Waals surface area contributed by atoms with E-state index in [9.17, 15) is 0 Å². The van der Waals surface area contributed by atoms with E-state index >= 15 is 0 Å². The Morgan fingerprint density at radius 3 is 2.50 bits per heavy atom. The Hall–Kier alpha value is -1.12. The summed E-state index contributed by atoms with van der Waals surface area (Å²) < 4.78 is 0. The maximum absolute atomic E-state index is 4.44. The lowest BCUT2D eigenvalue weighted by molar-refractivity contribution is 0.572. The van der Waals surface area contributed by atoms with E-state index in [2.05, 4.69) is 21.8 Å². The van der Waals surface area contributed by atoms with Crippen LogP contribution in [0.1, 0.15) is 31.9 Å². The molecule has 0 amide bonds. The van der Waals surface area contributed by atoms with Crippen LogP contribution in [0, 0.1) is 0 Å². The van der Waals surface area contributed by atoms with Crippen molar-refractivity contribution in [1.29, 1.82) is 0 Å². The van der Waals surface area contributed by atoms with Crippen LogP contribution in [0.2, 0.25) is 0 Å². The van der Waals surface area contributed by atoms with Crippen LogP contribution in [0.5, 0.6) is 0 Å². The van der Waals surface area contributed by atoms with Crippen molar-refractivity contribution in [3.8, 4) is 0 Å². The largest absolute Gasteiger partial charge is 0.355 e. The molecule has 1 saturated heterocycles. The third-order valence-electron chi connectivity index (χ3n) is 2.73. The molecule has 0 radical (unpaired) electrons. The molecular formula is C11H17N3. The normalized spacial score (nSPS) is 17.1. The third-order valence-corrected chi connectivity index (χ3v) is 2.73. The summed E-state index contributed by atoms with van der Waals surface area (Å²) in [6, 6.07) is 0. The fourth-order valence-corrected chi connectivity index (χ4v) is 1.82. The van der Waals surface area contributed by atoms with Crippen LogP contribution < -0.4 is 4.90 Å². The predicted molar refractivity (Wildman–Crippen MR) is 57.5 cm³/mol. The molecule has 1 aliphatic heterocycles. The highest BCUT2D eigenvalue weighted by Gasteiger charge is 2.11. The molecule has 1 aliphatic rings. The number of aromatic nitrogens is 2. The van der Waals surface area contributed by atoms with Crippen LogP contribution in [0.25, 0.3) is 0 Å². The maximum atomic E-state index is 4.44. The quantitative estimate of drug-likeness (QED) is 0.716. The summed E-state index contributed by atoms with van der Waals surface area (Å²) in [7, 11) is 0. The summed E-state index contributed by atoms with van der Waals surface area (Å²) in [6.07, 6.45) is 8.70. The molecule has 0 aromatic carbocycles. The van der Waals surface area contributed by atoms with Crippen molar-refractivity contribution in [2.75, 3.05) is 18.0 Å². The smallest absolute Gasteiger partial charge is 0.147 e. The first kappa shape index (κ1) is 9.44. The fourth-order valence-electron chi connectivity index (χ4n) is 1.82. The molecule has 1 aromatic rings. The van der Waals surface area contributed by atoms with Gasteiger partial charge in [0.15, 0.2) is 0 Å². The van der Waals surface area contributed by atoms with Gasteiger partial charge in [-0.1, -0.05) is 6.92 Å². The molecule has 76 valence electrons. The molecule has 1 fully saturated rings. The Kier molecular flexibility index (Phi) is 2.96. The Morgan fingerprint density at radius 2 is 1.93 bits per heavy atom. The van der Waals surface area contributed by atoms with Gasteiger partial charge in [-0.3, -0.25) is 4.98 Å². The first-order chi connectivity index (χ1) is 6.90. The van der Waals surface area contributed by atoms with Gasteiger partial charge >= 0.3 is 0 Å². The minimum absolute atomic E-state index is 0.966. The second-order valence-corrected chi connectivity index (χ2v) is 3.77. The summed E-state index contributed by atoms with van der Waals surface area (Å²) in [4.78, 5) is 11.1. The van der Waals surface area contributed by atoms with Crippen LogP contribution in [-0.4, -0.2) is 23.1 Å². The van der Waals surface area contributed by atoms with Gasteiger partial charge in [0.25, 0.3) is 0 Å². The lowest BCUT2D eigenvalue weighted by Gasteiger charge is -2.27. The zero-order valence-corrected chi connectivity index (χ0v) is 8.74. The molecule has 1 aromatic heterocycles. The van der Waals surface area contributed by atoms with Gasteiger partial charge in [0.1, 0.15) is 5.82 Å². The standard InChI is InChI=1S/C11H17N3/c1-2-10-8-13-11(9-12-10)14-6-4-3-5-7-14/h8-9H,2-7H2,1H3. The summed E-state index contributed by atoms with van der Waals surface area (Å²) in [5, 5.41) is 0. The Labute approximate surface area is 85.2 Å². The zero-order chi connectivity index (χ0) is 9.80. The highest BCUT2D eigenvalue weighted by Crippen LogP contribution is 2.16. The number of anilines is 1. The van der Waals surface area contributed by atoms with Crippen LogP contribution >= 0.6 is 0 Å². The Morgan fingerprint density at radius 1 is 1.14 bits per heavy atom. The number of aryl methyl sites for hydroxylation is 1. The van der Waals surface area contributed by atoms with Gasteiger partial charge in [-0.05, 0) is 25.7 Å². The minimum Gasteiger partial charge on any atom is -0.355 e. The second-order valence-electron chi connectivity index (χ2n) is 3.77. The zero-order valence-electron chi connectivity index (χ0n) is 8.74. The number of hydrogen-bond donors (Lipinski definition) is 0. The van der Waals surface area contributed by atoms with E-state index in [0.29, 0.717) is 0 Å². The molecule has 0 atom stereocenters. The summed E-state index contributed by atoms with van der Waals surface area (Å²) in [5.74, 6) is 1.04. The SMILES string of the molecule is CCc1cnc(N2CCCCC2)cn1. The van der Waals surface area contributed by atoms with Crippen LogP contribution in [0.4, 0.5) is 5.82 Å². The number of piperidine rings is 1. The van der Waals surface area contributed by atoms with Crippen molar-refractivity contribution in [1.82, 2.24) is 9.97 Å². The monoisotopic (exact) mass is 191 g/mol. The van der Waals surface area contributed by atoms with Crippen molar-refractivity contribution >= 4 is 5.82 Å². The first-order valence-corrected chi connectivity index (χ1v) is 5.46. The summed E-state index contributed by atoms with van der Waals surface area (Å²) in [5.41, 5.74) is 1.07. The van der Waals surface area contributed by atoms with Crippen molar-refractivity contribution in [3.63, 3.8) is 0 Å². The van der Waals surface area contributed by atoms with Crippen molar-refractivity contribution in [2.45, 2.75) is 32.6 Å². The predicted octanol–water partition coefficient (Wildman–Crippen LogP) is 2.03. The van der Waals surface area contributed by atoms with Gasteiger partial charge in [-0.2, -0.15) is 0 Å². The third kappa shape index (κ3) is 2.03. The van der Waals surface area contributed by atoms with E-state index in [1.54, 1.807) is 0 Å². The van der Waals surface area contributed by atoms with E-state index in [4.69, 9.17) is 0 Å². The second kappa shape index (κ2) is 4.40. The summed E-state index contributed by atoms with van der Waals surface area (Å²) >= 11 is 0. The van der Waals surface area contributed by atoms with Crippen molar-refractivity contribution in [2.24, 2.45) is 0 Å². The molecule has 0 saturated carbocycles. The average Bonchev–Trinajstić information content (AvgIpc) is 2.30. The molecule has 3 heteroatoms. The van der Waals surface area contributed by atoms with E-state index in [1.165, 1.54) is 19.3 Å². The lowest BCUT2D eigenvalue weighted by atomic mass is 10.1. The Balaban J connectivity index is 2.07. The average molecular weight is 191 g/mol. The van der Waals surface area contributed by atoms with Crippen molar-refractivity contribution < 1.29 is 0 Å². The topological polar surface area (TPSA) is 29.0 Å². The minimum atomic E-state index is 0.966. The molecule has 2 rings (SSSR count). The van der Waals surface area contributed by atoms with E-state index in [1.807, 2.05) is 12.4 Å². The lowest BCUT2D eigenvalue weighted by Crippen LogP contribution is -2.30. The van der Waals surface area contributed by atoms with Crippen LogP contribution in [0.15, 0.2) is 12.4 Å². The van der Waals surface area contributed by atoms with Gasteiger partial charge in [0.05, 0.1) is 18.1 Å². The number of nitrogens with zero attached hydrogens (tertiary/aromatic N) is 3. The van der Waals surface area contributed by atoms with Gasteiger partial charge in [0, 0.05) is 13.1 Å². The van der Waals surface area contributed by atoms with Gasteiger partial charge in [-0.25, -0.2) is 4.98 Å². The van der Waals surface area contributed by atoms with Crippen LogP contribution in [0.3, 0.4) is 0 Å². The van der Waals surface area contributed by atoms with Gasteiger partial charge in [0.2, 0.25) is 0 Å². The van der Waals surface area contributed by atoms with Crippen molar-refractivity contribution in [3.05, 3.63) is 18.1 Å². The Bertz CT molecular complexity index is 275. The molecule has 0 unspecified atom stereocenters. The molecule has 0 bridgehead atoms. The molecule has 0 spiro atoms. The van der Waals surface area contributed by atoms with E-state index in [-0.39, 0.29) is 0 Å². The fraction of sp³-hybridized carbons (Fsp3) is 0.636. The first-order valence-electron chi connectivity index (χ1n) is 5.46. The summed E-state index contributed by atoms with van der Waals surface area (Å²) in [6.45, 7) is 4.38. The molecular weight excluding hydrogens is 174 g/mol. The highest BCUT2D eigenvalue weighted by molar-refractivity contribution is 5.35.